The SMILES string of the molecule is CCN1C(=O)NC(c2ccc(NC(=O)c3ccc(OC)cc3)cc2)C(C(=O)OC(C)C)=C1C. The Balaban J connectivity index is 1.83. The van der Waals surface area contributed by atoms with Crippen molar-refractivity contribution in [3.63, 3.8) is 0 Å². The normalized spacial score (nSPS) is 15.9. The molecule has 0 fully saturated rings. The van der Waals surface area contributed by atoms with E-state index in [0.29, 0.717) is 40.4 Å². The molecule has 0 aliphatic carbocycles. The molecule has 1 aliphatic rings. The highest BCUT2D eigenvalue weighted by molar-refractivity contribution is 6.04. The summed E-state index contributed by atoms with van der Waals surface area (Å²) < 4.78 is 10.6. The van der Waals surface area contributed by atoms with Crippen LogP contribution in [0.3, 0.4) is 0 Å². The van der Waals surface area contributed by atoms with Crippen molar-refractivity contribution < 1.29 is 23.9 Å². The third kappa shape index (κ3) is 5.34. The molecule has 3 amide bonds. The number of ether oxygens (including phenoxy) is 2. The summed E-state index contributed by atoms with van der Waals surface area (Å²) in [5.41, 5.74) is 2.74. The number of nitrogens with zero attached hydrogens (tertiary/aromatic N) is 1. The molecule has 0 radical (unpaired) electrons. The van der Waals surface area contributed by atoms with Crippen molar-refractivity contribution in [1.82, 2.24) is 10.2 Å². The Morgan fingerprint density at radius 2 is 1.73 bits per heavy atom. The third-order valence-electron chi connectivity index (χ3n) is 5.33. The number of rotatable bonds is 7. The molecule has 2 aromatic rings. The zero-order valence-electron chi connectivity index (χ0n) is 19.5. The topological polar surface area (TPSA) is 97.0 Å². The van der Waals surface area contributed by atoms with Crippen LogP contribution in [0.25, 0.3) is 0 Å². The first-order valence-electron chi connectivity index (χ1n) is 10.8. The summed E-state index contributed by atoms with van der Waals surface area (Å²) in [6, 6.07) is 12.9. The molecular weight excluding hydrogens is 422 g/mol. The maximum Gasteiger partial charge on any atom is 0.338 e. The van der Waals surface area contributed by atoms with Crippen molar-refractivity contribution in [3.05, 3.63) is 70.9 Å². The van der Waals surface area contributed by atoms with E-state index >= 15 is 0 Å². The van der Waals surface area contributed by atoms with E-state index in [0.717, 1.165) is 0 Å². The molecule has 0 bridgehead atoms. The summed E-state index contributed by atoms with van der Waals surface area (Å²) in [6.45, 7) is 7.58. The molecule has 2 aromatic carbocycles. The fourth-order valence-corrected chi connectivity index (χ4v) is 3.66. The molecular formula is C25H29N3O5. The van der Waals surface area contributed by atoms with Gasteiger partial charge in [0.25, 0.3) is 5.91 Å². The second-order valence-electron chi connectivity index (χ2n) is 7.88. The lowest BCUT2D eigenvalue weighted by Crippen LogP contribution is -2.48. The van der Waals surface area contributed by atoms with E-state index in [1.807, 2.05) is 6.92 Å². The summed E-state index contributed by atoms with van der Waals surface area (Å²) >= 11 is 0. The molecule has 8 heteroatoms. The smallest absolute Gasteiger partial charge is 0.338 e. The average molecular weight is 452 g/mol. The first kappa shape index (κ1) is 23.8. The van der Waals surface area contributed by atoms with Crippen LogP contribution in [0.1, 0.15) is 49.7 Å². The molecule has 0 saturated carbocycles. The van der Waals surface area contributed by atoms with Gasteiger partial charge in [0.15, 0.2) is 0 Å². The van der Waals surface area contributed by atoms with Crippen LogP contribution in [-0.4, -0.2) is 42.6 Å². The Bertz CT molecular complexity index is 1060. The van der Waals surface area contributed by atoms with Crippen molar-refractivity contribution in [2.45, 2.75) is 39.8 Å². The third-order valence-corrected chi connectivity index (χ3v) is 5.33. The van der Waals surface area contributed by atoms with Gasteiger partial charge in [-0.15, -0.1) is 0 Å². The molecule has 2 N–H and O–H groups in total. The van der Waals surface area contributed by atoms with E-state index in [4.69, 9.17) is 9.47 Å². The van der Waals surface area contributed by atoms with Gasteiger partial charge in [0.05, 0.1) is 24.8 Å². The highest BCUT2D eigenvalue weighted by Gasteiger charge is 2.36. The van der Waals surface area contributed by atoms with Crippen molar-refractivity contribution in [2.24, 2.45) is 0 Å². The molecule has 0 saturated heterocycles. The van der Waals surface area contributed by atoms with Gasteiger partial charge in [-0.05, 0) is 69.7 Å². The predicted molar refractivity (Wildman–Crippen MR) is 125 cm³/mol. The minimum Gasteiger partial charge on any atom is -0.497 e. The summed E-state index contributed by atoms with van der Waals surface area (Å²) in [4.78, 5) is 39.5. The van der Waals surface area contributed by atoms with E-state index in [-0.39, 0.29) is 18.0 Å². The number of anilines is 1. The van der Waals surface area contributed by atoms with E-state index in [2.05, 4.69) is 10.6 Å². The summed E-state index contributed by atoms with van der Waals surface area (Å²) in [5, 5.41) is 5.73. The average Bonchev–Trinajstić information content (AvgIpc) is 2.79. The largest absolute Gasteiger partial charge is 0.497 e. The number of urea groups is 1. The number of esters is 1. The van der Waals surface area contributed by atoms with Crippen LogP contribution in [0.2, 0.25) is 0 Å². The lowest BCUT2D eigenvalue weighted by Gasteiger charge is -2.35. The van der Waals surface area contributed by atoms with Gasteiger partial charge in [0.1, 0.15) is 5.75 Å². The molecule has 1 aliphatic heterocycles. The van der Waals surface area contributed by atoms with Crippen LogP contribution >= 0.6 is 0 Å². The zero-order valence-corrected chi connectivity index (χ0v) is 19.5. The maximum absolute atomic E-state index is 12.9. The second-order valence-corrected chi connectivity index (χ2v) is 7.88. The van der Waals surface area contributed by atoms with Gasteiger partial charge in [-0.1, -0.05) is 12.1 Å². The van der Waals surface area contributed by atoms with Crippen LogP contribution in [0.5, 0.6) is 5.75 Å². The molecule has 1 unspecified atom stereocenters. The standard InChI is InChI=1S/C25H29N3O5/c1-6-28-16(4)21(24(30)33-15(2)3)22(27-25(28)31)17-7-11-19(12-8-17)26-23(29)18-9-13-20(32-5)14-10-18/h7-15,22H,6H2,1-5H3,(H,26,29)(H,27,31). The van der Waals surface area contributed by atoms with E-state index < -0.39 is 12.0 Å². The lowest BCUT2D eigenvalue weighted by molar-refractivity contribution is -0.143. The number of nitrogens with one attached hydrogen (secondary N) is 2. The minimum absolute atomic E-state index is 0.257. The zero-order chi connectivity index (χ0) is 24.1. The Labute approximate surface area is 193 Å². The number of carbonyl (C=O) groups excluding carboxylic acids is 3. The summed E-state index contributed by atoms with van der Waals surface area (Å²) in [6.07, 6.45) is -0.290. The van der Waals surface area contributed by atoms with Crippen LogP contribution < -0.4 is 15.4 Å². The van der Waals surface area contributed by atoms with Gasteiger partial charge >= 0.3 is 12.0 Å². The first-order valence-corrected chi connectivity index (χ1v) is 10.8. The van der Waals surface area contributed by atoms with Crippen LogP contribution in [-0.2, 0) is 9.53 Å². The number of methoxy groups -OCH3 is 1. The Hall–Kier alpha value is -3.81. The molecule has 0 aromatic heterocycles. The number of allylic oxidation sites excluding steroid dienone is 1. The first-order chi connectivity index (χ1) is 15.7. The van der Waals surface area contributed by atoms with Crippen molar-refractivity contribution in [3.8, 4) is 5.75 Å². The van der Waals surface area contributed by atoms with Gasteiger partial charge in [0.2, 0.25) is 0 Å². The molecule has 174 valence electrons. The number of benzene rings is 2. The quantitative estimate of drug-likeness (QED) is 0.613. The fraction of sp³-hybridized carbons (Fsp3) is 0.320. The van der Waals surface area contributed by atoms with Crippen molar-refractivity contribution in [1.29, 1.82) is 0 Å². The molecule has 8 nitrogen and oxygen atoms in total. The van der Waals surface area contributed by atoms with Crippen LogP contribution in [0.15, 0.2) is 59.8 Å². The predicted octanol–water partition coefficient (Wildman–Crippen LogP) is 4.26. The maximum atomic E-state index is 12.9. The molecule has 1 atom stereocenters. The highest BCUT2D eigenvalue weighted by atomic mass is 16.5. The highest BCUT2D eigenvalue weighted by Crippen LogP contribution is 2.32. The Morgan fingerprint density at radius 3 is 2.27 bits per heavy atom. The minimum atomic E-state index is -0.655. The van der Waals surface area contributed by atoms with Crippen molar-refractivity contribution in [2.75, 3.05) is 19.0 Å². The number of carbonyl (C=O) groups is 3. The molecule has 3 rings (SSSR count). The molecule has 33 heavy (non-hydrogen) atoms. The van der Waals surface area contributed by atoms with Crippen molar-refractivity contribution >= 4 is 23.6 Å². The van der Waals surface area contributed by atoms with E-state index in [9.17, 15) is 14.4 Å². The molecule has 0 spiro atoms. The Morgan fingerprint density at radius 1 is 1.09 bits per heavy atom. The lowest BCUT2D eigenvalue weighted by atomic mass is 9.94. The van der Waals surface area contributed by atoms with Gasteiger partial charge in [-0.25, -0.2) is 9.59 Å². The molecule has 1 heterocycles. The van der Waals surface area contributed by atoms with Gasteiger partial charge in [-0.3, -0.25) is 9.69 Å². The summed E-state index contributed by atoms with van der Waals surface area (Å²) in [5.74, 6) is -0.0584. The Kier molecular flexibility index (Phi) is 7.37. The van der Waals surface area contributed by atoms with Gasteiger partial charge in [-0.2, -0.15) is 0 Å². The monoisotopic (exact) mass is 451 g/mol. The van der Waals surface area contributed by atoms with Gasteiger partial charge in [0, 0.05) is 23.5 Å². The fourth-order valence-electron chi connectivity index (χ4n) is 3.66. The number of hydrogen-bond donors (Lipinski definition) is 2. The van der Waals surface area contributed by atoms with E-state index in [1.165, 1.54) is 4.90 Å². The van der Waals surface area contributed by atoms with Crippen LogP contribution in [0, 0.1) is 0 Å². The summed E-state index contributed by atoms with van der Waals surface area (Å²) in [7, 11) is 1.57. The van der Waals surface area contributed by atoms with Gasteiger partial charge < -0.3 is 20.1 Å². The van der Waals surface area contributed by atoms with Crippen LogP contribution in [0.4, 0.5) is 10.5 Å². The second kappa shape index (κ2) is 10.2. The van der Waals surface area contributed by atoms with E-state index in [1.54, 1.807) is 76.4 Å². The number of amides is 3. The number of hydrogen-bond acceptors (Lipinski definition) is 5.